The highest BCUT2D eigenvalue weighted by molar-refractivity contribution is 6.27. The molecular weight excluding hydrogens is 589 g/mol. The number of hydrogen-bond donors (Lipinski definition) is 0. The number of benzene rings is 7. The summed E-state index contributed by atoms with van der Waals surface area (Å²) in [7, 11) is 0. The zero-order chi connectivity index (χ0) is 31.6. The van der Waals surface area contributed by atoms with Crippen molar-refractivity contribution in [3.63, 3.8) is 0 Å². The maximum absolute atomic E-state index is 6.67. The summed E-state index contributed by atoms with van der Waals surface area (Å²) in [5, 5.41) is 6.98. The van der Waals surface area contributed by atoms with Gasteiger partial charge in [-0.15, -0.1) is 0 Å². The second-order valence-electron chi connectivity index (χ2n) is 12.0. The van der Waals surface area contributed by atoms with Gasteiger partial charge in [0.1, 0.15) is 11.2 Å². The molecule has 5 nitrogen and oxygen atoms in total. The van der Waals surface area contributed by atoms with Crippen LogP contribution in [0, 0.1) is 0 Å². The van der Waals surface area contributed by atoms with Gasteiger partial charge in [0.25, 0.3) is 0 Å². The second-order valence-corrected chi connectivity index (χ2v) is 12.0. The predicted molar refractivity (Wildman–Crippen MR) is 195 cm³/mol. The molecule has 0 saturated heterocycles. The Morgan fingerprint density at radius 2 is 0.979 bits per heavy atom. The zero-order valence-electron chi connectivity index (χ0n) is 25.7. The zero-order valence-corrected chi connectivity index (χ0v) is 25.7. The maximum atomic E-state index is 6.67. The van der Waals surface area contributed by atoms with Gasteiger partial charge in [0.05, 0.1) is 16.4 Å². The van der Waals surface area contributed by atoms with E-state index in [1.54, 1.807) is 0 Å². The van der Waals surface area contributed by atoms with Gasteiger partial charge in [-0.05, 0) is 59.3 Å². The lowest BCUT2D eigenvalue weighted by Crippen LogP contribution is -2.00. The largest absolute Gasteiger partial charge is 0.455 e. The third kappa shape index (κ3) is 4.08. The average Bonchev–Trinajstić information content (AvgIpc) is 3.72. The highest BCUT2D eigenvalue weighted by Gasteiger charge is 2.20. The van der Waals surface area contributed by atoms with Crippen molar-refractivity contribution in [3.8, 4) is 39.9 Å². The molecule has 224 valence electrons. The van der Waals surface area contributed by atoms with Crippen LogP contribution in [0.2, 0.25) is 0 Å². The first-order chi connectivity index (χ1) is 23.8. The van der Waals surface area contributed by atoms with Crippen molar-refractivity contribution >= 4 is 54.5 Å². The Morgan fingerprint density at radius 1 is 0.396 bits per heavy atom. The molecule has 0 aliphatic carbocycles. The third-order valence-electron chi connectivity index (χ3n) is 9.25. The van der Waals surface area contributed by atoms with Crippen molar-refractivity contribution in [2.75, 3.05) is 0 Å². The Hall–Kier alpha value is -6.59. The van der Waals surface area contributed by atoms with Crippen molar-refractivity contribution in [1.29, 1.82) is 0 Å². The number of nitrogens with zero attached hydrogens (tertiary/aromatic N) is 4. The van der Waals surface area contributed by atoms with Crippen LogP contribution in [-0.2, 0) is 0 Å². The smallest absolute Gasteiger partial charge is 0.164 e. The van der Waals surface area contributed by atoms with Crippen LogP contribution in [0.3, 0.4) is 0 Å². The van der Waals surface area contributed by atoms with Gasteiger partial charge in [-0.25, -0.2) is 15.0 Å². The van der Waals surface area contributed by atoms with Gasteiger partial charge >= 0.3 is 0 Å². The summed E-state index contributed by atoms with van der Waals surface area (Å²) in [5.74, 6) is 1.93. The minimum Gasteiger partial charge on any atom is -0.455 e. The fourth-order valence-electron chi connectivity index (χ4n) is 7.03. The first-order valence-electron chi connectivity index (χ1n) is 16.0. The van der Waals surface area contributed by atoms with E-state index in [-0.39, 0.29) is 0 Å². The average molecular weight is 615 g/mol. The van der Waals surface area contributed by atoms with E-state index >= 15 is 0 Å². The van der Waals surface area contributed by atoms with Crippen molar-refractivity contribution in [2.24, 2.45) is 0 Å². The molecule has 0 amide bonds. The first kappa shape index (κ1) is 26.6. The van der Waals surface area contributed by atoms with E-state index in [2.05, 4.69) is 102 Å². The monoisotopic (exact) mass is 614 g/mol. The number of furan rings is 1. The highest BCUT2D eigenvalue weighted by Crippen LogP contribution is 2.42. The molecule has 0 fully saturated rings. The quantitative estimate of drug-likeness (QED) is 0.198. The number of rotatable bonds is 4. The predicted octanol–water partition coefficient (Wildman–Crippen LogP) is 11.0. The van der Waals surface area contributed by atoms with Gasteiger partial charge in [-0.2, -0.15) is 0 Å². The number of aromatic nitrogens is 4. The summed E-state index contributed by atoms with van der Waals surface area (Å²) in [6.45, 7) is 0. The number of hydrogen-bond acceptors (Lipinski definition) is 4. The Morgan fingerprint density at radius 3 is 1.67 bits per heavy atom. The van der Waals surface area contributed by atoms with E-state index in [1.807, 2.05) is 60.7 Å². The Labute approximate surface area is 275 Å². The highest BCUT2D eigenvalue weighted by atomic mass is 16.3. The molecule has 0 radical (unpaired) electrons. The molecule has 3 aromatic heterocycles. The van der Waals surface area contributed by atoms with Gasteiger partial charge in [-0.1, -0.05) is 109 Å². The fraction of sp³-hybridized carbons (Fsp3) is 0. The van der Waals surface area contributed by atoms with Crippen molar-refractivity contribution in [2.45, 2.75) is 0 Å². The summed E-state index contributed by atoms with van der Waals surface area (Å²) >= 11 is 0. The van der Waals surface area contributed by atoms with E-state index in [1.165, 1.54) is 10.8 Å². The van der Waals surface area contributed by atoms with Gasteiger partial charge in [-0.3, -0.25) is 0 Å². The molecule has 0 N–H and O–H groups in total. The second kappa shape index (κ2) is 10.5. The molecular formula is C43H26N4O. The molecule has 5 heteroatoms. The molecule has 0 atom stereocenters. The lowest BCUT2D eigenvalue weighted by atomic mass is 10.0. The molecule has 48 heavy (non-hydrogen) atoms. The van der Waals surface area contributed by atoms with Crippen LogP contribution in [0.4, 0.5) is 0 Å². The fourth-order valence-corrected chi connectivity index (χ4v) is 7.03. The Kier molecular flexibility index (Phi) is 5.81. The molecule has 0 bridgehead atoms. The molecule has 0 aliphatic heterocycles. The summed E-state index contributed by atoms with van der Waals surface area (Å²) < 4.78 is 8.98. The number of fused-ring (bicyclic) bond motifs is 9. The van der Waals surface area contributed by atoms with Crippen LogP contribution in [0.5, 0.6) is 0 Å². The van der Waals surface area contributed by atoms with E-state index in [0.29, 0.717) is 17.5 Å². The van der Waals surface area contributed by atoms with Crippen molar-refractivity contribution in [1.82, 2.24) is 19.5 Å². The standard InChI is InChI=1S/C43H26N4O/c1-3-12-28(13-4-1)41-44-42(29-14-5-2-6-15-29)46-43(45-41)30-19-22-31(23-20-30)47-35-18-10-9-17-33(35)39-36(47)25-24-34-38-32-16-8-7-11-27(32)21-26-37(38)48-40(34)39/h1-26H. The van der Waals surface area contributed by atoms with Gasteiger partial charge in [0.2, 0.25) is 0 Å². The molecule has 3 heterocycles. The molecule has 0 aliphatic rings. The summed E-state index contributed by atoms with van der Waals surface area (Å²) in [5.41, 5.74) is 7.90. The Bertz CT molecular complexity index is 2760. The van der Waals surface area contributed by atoms with E-state index in [0.717, 1.165) is 66.1 Å². The number of para-hydroxylation sites is 1. The van der Waals surface area contributed by atoms with Crippen LogP contribution >= 0.6 is 0 Å². The molecule has 7 aromatic carbocycles. The summed E-state index contributed by atoms with van der Waals surface area (Å²) in [6, 6.07) is 54.3. The third-order valence-corrected chi connectivity index (χ3v) is 9.25. The summed E-state index contributed by atoms with van der Waals surface area (Å²) in [6.07, 6.45) is 0. The summed E-state index contributed by atoms with van der Waals surface area (Å²) in [4.78, 5) is 14.7. The van der Waals surface area contributed by atoms with E-state index in [9.17, 15) is 0 Å². The van der Waals surface area contributed by atoms with Crippen LogP contribution in [0.25, 0.3) is 94.4 Å². The first-order valence-corrected chi connectivity index (χ1v) is 16.0. The van der Waals surface area contributed by atoms with Gasteiger partial charge in [0.15, 0.2) is 17.5 Å². The van der Waals surface area contributed by atoms with E-state index < -0.39 is 0 Å². The van der Waals surface area contributed by atoms with Gasteiger partial charge in [0, 0.05) is 38.5 Å². The van der Waals surface area contributed by atoms with Crippen molar-refractivity contribution < 1.29 is 4.42 Å². The molecule has 0 saturated carbocycles. The topological polar surface area (TPSA) is 56.7 Å². The Balaban J connectivity index is 1.15. The minimum atomic E-state index is 0.632. The molecule has 0 spiro atoms. The van der Waals surface area contributed by atoms with Crippen molar-refractivity contribution in [3.05, 3.63) is 158 Å². The SMILES string of the molecule is c1ccc(-c2nc(-c3ccccc3)nc(-c3ccc(-n4c5ccccc5c5c6oc7ccc8ccccc8c7c6ccc54)cc3)n2)cc1. The molecule has 10 aromatic rings. The van der Waals surface area contributed by atoms with Crippen LogP contribution in [-0.4, -0.2) is 19.5 Å². The maximum Gasteiger partial charge on any atom is 0.164 e. The van der Waals surface area contributed by atoms with Crippen LogP contribution < -0.4 is 0 Å². The normalized spacial score (nSPS) is 11.8. The molecule has 0 unspecified atom stereocenters. The molecule has 10 rings (SSSR count). The lowest BCUT2D eigenvalue weighted by molar-refractivity contribution is 0.673. The van der Waals surface area contributed by atoms with Crippen LogP contribution in [0.15, 0.2) is 162 Å². The van der Waals surface area contributed by atoms with Crippen LogP contribution in [0.1, 0.15) is 0 Å². The minimum absolute atomic E-state index is 0.632. The van der Waals surface area contributed by atoms with E-state index in [4.69, 9.17) is 19.4 Å². The lowest BCUT2D eigenvalue weighted by Gasteiger charge is -2.10. The van der Waals surface area contributed by atoms with Gasteiger partial charge < -0.3 is 8.98 Å².